The minimum Gasteiger partial charge on any atom is -0.505 e. The summed E-state index contributed by atoms with van der Waals surface area (Å²) in [6, 6.07) is 12.1. The predicted molar refractivity (Wildman–Crippen MR) is 97.9 cm³/mol. The Morgan fingerprint density at radius 2 is 1.85 bits per heavy atom. The topological polar surface area (TPSA) is 122 Å². The number of rotatable bonds is 5. The fourth-order valence-electron chi connectivity index (χ4n) is 2.88. The Morgan fingerprint density at radius 1 is 1.15 bits per heavy atom. The van der Waals surface area contributed by atoms with Gasteiger partial charge < -0.3 is 20.1 Å². The number of aromatic hydroxyl groups is 1. The Bertz CT molecular complexity index is 1090. The van der Waals surface area contributed by atoms with Crippen molar-refractivity contribution in [2.75, 3.05) is 6.54 Å². The lowest BCUT2D eigenvalue weighted by atomic mass is 10.1. The summed E-state index contributed by atoms with van der Waals surface area (Å²) in [5, 5.41) is 21.6. The summed E-state index contributed by atoms with van der Waals surface area (Å²) in [4.78, 5) is 39.3. The lowest BCUT2D eigenvalue weighted by Gasteiger charge is -2.15. The van der Waals surface area contributed by atoms with Gasteiger partial charge in [0.1, 0.15) is 6.54 Å². The van der Waals surface area contributed by atoms with E-state index in [1.165, 1.54) is 16.7 Å². The van der Waals surface area contributed by atoms with E-state index in [1.54, 1.807) is 6.92 Å². The van der Waals surface area contributed by atoms with E-state index in [9.17, 15) is 19.5 Å². The highest BCUT2D eigenvalue weighted by Crippen LogP contribution is 2.28. The number of pyridine rings is 2. The number of nitrogens with one attached hydrogen (secondary N) is 1. The van der Waals surface area contributed by atoms with Gasteiger partial charge in [-0.25, -0.2) is 4.98 Å². The Hall–Kier alpha value is -3.68. The van der Waals surface area contributed by atoms with Gasteiger partial charge in [-0.05, 0) is 18.6 Å². The first kappa shape index (κ1) is 18.1. The number of hydrogen-bond donors (Lipinski definition) is 3. The molecular weight excluding hydrogens is 350 g/mol. The average Bonchev–Trinajstić information content (AvgIpc) is 2.65. The van der Waals surface area contributed by atoms with Gasteiger partial charge in [-0.15, -0.1) is 0 Å². The van der Waals surface area contributed by atoms with E-state index < -0.39 is 24.2 Å². The van der Waals surface area contributed by atoms with Gasteiger partial charge in [0.05, 0.1) is 17.8 Å². The van der Waals surface area contributed by atoms with Crippen molar-refractivity contribution in [3.05, 3.63) is 69.8 Å². The summed E-state index contributed by atoms with van der Waals surface area (Å²) in [6.45, 7) is 1.31. The molecule has 0 saturated heterocycles. The van der Waals surface area contributed by atoms with Crippen molar-refractivity contribution >= 4 is 22.8 Å². The van der Waals surface area contributed by atoms with Crippen molar-refractivity contribution in [3.63, 3.8) is 0 Å². The Labute approximate surface area is 153 Å². The van der Waals surface area contributed by atoms with E-state index >= 15 is 0 Å². The van der Waals surface area contributed by atoms with Crippen LogP contribution in [-0.2, 0) is 11.3 Å². The van der Waals surface area contributed by atoms with Crippen molar-refractivity contribution in [3.8, 4) is 5.75 Å². The lowest BCUT2D eigenvalue weighted by molar-refractivity contribution is -0.135. The van der Waals surface area contributed by atoms with Crippen LogP contribution < -0.4 is 10.9 Å². The van der Waals surface area contributed by atoms with Crippen LogP contribution in [0.1, 0.15) is 21.7 Å². The second-order valence-corrected chi connectivity index (χ2v) is 5.98. The normalized spacial score (nSPS) is 10.7. The van der Waals surface area contributed by atoms with Crippen LogP contribution in [0.3, 0.4) is 0 Å². The molecule has 0 aliphatic rings. The maximum Gasteiger partial charge on any atom is 0.322 e. The summed E-state index contributed by atoms with van der Waals surface area (Å²) in [7, 11) is 0. The largest absolute Gasteiger partial charge is 0.505 e. The van der Waals surface area contributed by atoms with Crippen LogP contribution in [-0.4, -0.2) is 38.2 Å². The number of aromatic nitrogens is 2. The molecule has 0 bridgehead atoms. The number of carbonyl (C=O) groups is 2. The third kappa shape index (κ3) is 3.64. The van der Waals surface area contributed by atoms with Crippen molar-refractivity contribution in [2.24, 2.45) is 0 Å². The van der Waals surface area contributed by atoms with Crippen molar-refractivity contribution in [2.45, 2.75) is 13.5 Å². The van der Waals surface area contributed by atoms with Crippen LogP contribution in [0.4, 0.5) is 0 Å². The lowest BCUT2D eigenvalue weighted by Crippen LogP contribution is -2.30. The minimum atomic E-state index is -1.21. The number of fused-ring (bicyclic) bond motifs is 1. The standard InChI is InChI=1S/C19H17N3O5/c1-11-17-13(18(26)16(21-11)19(27)20-9-15(24)25)7-8-14(23)22(17)10-12-5-3-2-4-6-12/h2-8,26H,9-10H2,1H3,(H,20,27)(H,24,25). The molecule has 1 amide bonds. The van der Waals surface area contributed by atoms with E-state index in [0.29, 0.717) is 16.6 Å². The van der Waals surface area contributed by atoms with Gasteiger partial charge in [-0.1, -0.05) is 30.3 Å². The van der Waals surface area contributed by atoms with Gasteiger partial charge >= 0.3 is 5.97 Å². The number of benzene rings is 1. The molecule has 0 radical (unpaired) electrons. The molecule has 27 heavy (non-hydrogen) atoms. The fraction of sp³-hybridized carbons (Fsp3) is 0.158. The molecular formula is C19H17N3O5. The summed E-state index contributed by atoms with van der Waals surface area (Å²) in [5.41, 5.74) is 1.13. The predicted octanol–water partition coefficient (Wildman–Crippen LogP) is 1.27. The van der Waals surface area contributed by atoms with E-state index in [0.717, 1.165) is 5.56 Å². The van der Waals surface area contributed by atoms with E-state index in [-0.39, 0.29) is 17.8 Å². The molecule has 0 unspecified atom stereocenters. The molecule has 8 heteroatoms. The molecule has 2 aromatic heterocycles. The number of hydrogen-bond acceptors (Lipinski definition) is 5. The maximum atomic E-state index is 12.4. The van der Waals surface area contributed by atoms with Crippen LogP contribution in [0.15, 0.2) is 47.3 Å². The second kappa shape index (κ2) is 7.28. The molecule has 138 valence electrons. The molecule has 3 aromatic rings. The molecule has 2 heterocycles. The van der Waals surface area contributed by atoms with Crippen LogP contribution >= 0.6 is 0 Å². The molecule has 0 aliphatic heterocycles. The van der Waals surface area contributed by atoms with Gasteiger partial charge in [-0.2, -0.15) is 0 Å². The number of amides is 1. The van der Waals surface area contributed by atoms with E-state index in [1.807, 2.05) is 30.3 Å². The van der Waals surface area contributed by atoms with Gasteiger partial charge in [-0.3, -0.25) is 14.4 Å². The van der Waals surface area contributed by atoms with E-state index in [2.05, 4.69) is 10.3 Å². The van der Waals surface area contributed by atoms with Crippen LogP contribution in [0.5, 0.6) is 5.75 Å². The summed E-state index contributed by atoms with van der Waals surface area (Å²) in [5.74, 6) is -2.42. The van der Waals surface area contributed by atoms with Gasteiger partial charge in [0.25, 0.3) is 11.5 Å². The van der Waals surface area contributed by atoms with Gasteiger partial charge in [0, 0.05) is 11.5 Å². The third-order valence-corrected chi connectivity index (χ3v) is 4.08. The minimum absolute atomic E-state index is 0.265. The average molecular weight is 367 g/mol. The van der Waals surface area contributed by atoms with E-state index in [4.69, 9.17) is 5.11 Å². The quantitative estimate of drug-likeness (QED) is 0.624. The molecule has 1 aromatic carbocycles. The molecule has 0 atom stereocenters. The van der Waals surface area contributed by atoms with Crippen molar-refractivity contribution in [1.82, 2.24) is 14.9 Å². The van der Waals surface area contributed by atoms with Gasteiger partial charge in [0.2, 0.25) is 0 Å². The number of aryl methyl sites for hydroxylation is 1. The number of carbonyl (C=O) groups excluding carboxylic acids is 1. The molecule has 0 aliphatic carbocycles. The Kier molecular flexibility index (Phi) is 4.89. The molecule has 0 saturated carbocycles. The monoisotopic (exact) mass is 367 g/mol. The highest BCUT2D eigenvalue weighted by atomic mass is 16.4. The van der Waals surface area contributed by atoms with Gasteiger partial charge in [0.15, 0.2) is 11.4 Å². The molecule has 0 fully saturated rings. The molecule has 3 N–H and O–H groups in total. The highest BCUT2D eigenvalue weighted by Gasteiger charge is 2.20. The number of carboxylic acids is 1. The summed E-state index contributed by atoms with van der Waals surface area (Å²) >= 11 is 0. The maximum absolute atomic E-state index is 12.4. The third-order valence-electron chi connectivity index (χ3n) is 4.08. The number of nitrogens with zero attached hydrogens (tertiary/aromatic N) is 2. The summed E-state index contributed by atoms with van der Waals surface area (Å²) < 4.78 is 1.48. The first-order valence-electron chi connectivity index (χ1n) is 8.15. The van der Waals surface area contributed by atoms with Crippen LogP contribution in [0.2, 0.25) is 0 Å². The molecule has 0 spiro atoms. The first-order chi connectivity index (χ1) is 12.9. The number of aliphatic carboxylic acids is 1. The fourth-order valence-corrected chi connectivity index (χ4v) is 2.88. The highest BCUT2D eigenvalue weighted by molar-refractivity contribution is 6.02. The molecule has 8 nitrogen and oxygen atoms in total. The number of carboxylic acid groups (broad SMARTS) is 1. The summed E-state index contributed by atoms with van der Waals surface area (Å²) in [6.07, 6.45) is 0. The van der Waals surface area contributed by atoms with Crippen LogP contribution in [0.25, 0.3) is 10.9 Å². The Morgan fingerprint density at radius 3 is 2.52 bits per heavy atom. The zero-order chi connectivity index (χ0) is 19.6. The smallest absolute Gasteiger partial charge is 0.322 e. The SMILES string of the molecule is Cc1nc(C(=O)NCC(=O)O)c(O)c2ccc(=O)n(Cc3ccccc3)c12. The molecule has 3 rings (SSSR count). The second-order valence-electron chi connectivity index (χ2n) is 5.98. The van der Waals surface area contributed by atoms with Crippen molar-refractivity contribution < 1.29 is 19.8 Å². The zero-order valence-corrected chi connectivity index (χ0v) is 14.5. The zero-order valence-electron chi connectivity index (χ0n) is 14.5. The van der Waals surface area contributed by atoms with Crippen LogP contribution in [0, 0.1) is 6.92 Å². The van der Waals surface area contributed by atoms with Crippen molar-refractivity contribution in [1.29, 1.82) is 0 Å². The Balaban J connectivity index is 2.13. The first-order valence-corrected chi connectivity index (χ1v) is 8.15.